The molecule has 0 aliphatic rings. The maximum absolute atomic E-state index is 12.4. The first kappa shape index (κ1) is 22.4. The summed E-state index contributed by atoms with van der Waals surface area (Å²) in [6.45, 7) is 4.96. The Labute approximate surface area is 175 Å². The van der Waals surface area contributed by atoms with Crippen LogP contribution in [0, 0.1) is 12.8 Å². The molecule has 0 bridgehead atoms. The highest BCUT2D eigenvalue weighted by Gasteiger charge is 2.26. The van der Waals surface area contributed by atoms with Crippen LogP contribution in [0.5, 0.6) is 0 Å². The number of carbonyl (C=O) groups excluding carboxylic acids is 3. The molecule has 0 fully saturated rings. The van der Waals surface area contributed by atoms with Gasteiger partial charge in [-0.3, -0.25) is 9.59 Å². The van der Waals surface area contributed by atoms with E-state index in [4.69, 9.17) is 16.3 Å². The van der Waals surface area contributed by atoms with Crippen molar-refractivity contribution in [2.24, 2.45) is 5.92 Å². The second-order valence-corrected chi connectivity index (χ2v) is 7.50. The van der Waals surface area contributed by atoms with Crippen LogP contribution in [0.15, 0.2) is 48.5 Å². The van der Waals surface area contributed by atoms with E-state index in [1.807, 2.05) is 37.3 Å². The fourth-order valence-electron chi connectivity index (χ4n) is 2.65. The first-order valence-corrected chi connectivity index (χ1v) is 9.70. The van der Waals surface area contributed by atoms with Gasteiger partial charge in [-0.25, -0.2) is 4.79 Å². The molecule has 0 spiro atoms. The molecule has 2 rings (SSSR count). The molecule has 0 saturated heterocycles. The minimum atomic E-state index is -0.841. The molecule has 0 aromatic heterocycles. The molecule has 2 aromatic carbocycles. The molecule has 6 nitrogen and oxygen atoms in total. The first-order chi connectivity index (χ1) is 13.8. The number of amides is 2. The number of esters is 1. The van der Waals surface area contributed by atoms with Crippen LogP contribution in [0.3, 0.4) is 0 Å². The second kappa shape index (κ2) is 10.6. The van der Waals surface area contributed by atoms with Gasteiger partial charge in [0.25, 0.3) is 5.91 Å². The molecule has 2 N–H and O–H groups in total. The number of halogens is 1. The fraction of sp³-hybridized carbons (Fsp3) is 0.318. The van der Waals surface area contributed by atoms with Crippen LogP contribution in [-0.4, -0.2) is 30.4 Å². The van der Waals surface area contributed by atoms with Crippen LogP contribution in [0.1, 0.15) is 25.0 Å². The summed E-state index contributed by atoms with van der Waals surface area (Å²) in [5.74, 6) is -1.62. The average molecular weight is 417 g/mol. The van der Waals surface area contributed by atoms with Crippen molar-refractivity contribution in [1.29, 1.82) is 0 Å². The Morgan fingerprint density at radius 3 is 2.38 bits per heavy atom. The van der Waals surface area contributed by atoms with Gasteiger partial charge in [0.15, 0.2) is 6.61 Å². The van der Waals surface area contributed by atoms with Gasteiger partial charge >= 0.3 is 5.97 Å². The van der Waals surface area contributed by atoms with Crippen molar-refractivity contribution in [3.05, 3.63) is 64.7 Å². The van der Waals surface area contributed by atoms with Crippen molar-refractivity contribution in [3.63, 3.8) is 0 Å². The Bertz CT molecular complexity index is 868. The van der Waals surface area contributed by atoms with Crippen molar-refractivity contribution < 1.29 is 19.1 Å². The molecule has 154 valence electrons. The van der Waals surface area contributed by atoms with Gasteiger partial charge < -0.3 is 15.4 Å². The molecule has 2 amide bonds. The topological polar surface area (TPSA) is 84.5 Å². The van der Waals surface area contributed by atoms with Crippen molar-refractivity contribution in [2.75, 3.05) is 11.9 Å². The maximum atomic E-state index is 12.4. The summed E-state index contributed by atoms with van der Waals surface area (Å²) in [5, 5.41) is 5.84. The Kier molecular flexibility index (Phi) is 8.21. The lowest BCUT2D eigenvalue weighted by Crippen LogP contribution is -2.46. The zero-order chi connectivity index (χ0) is 21.4. The Balaban J connectivity index is 1.89. The van der Waals surface area contributed by atoms with E-state index in [-0.39, 0.29) is 18.2 Å². The first-order valence-electron chi connectivity index (χ1n) is 9.32. The molecule has 1 atom stereocenters. The van der Waals surface area contributed by atoms with E-state index in [9.17, 15) is 14.4 Å². The van der Waals surface area contributed by atoms with Crippen molar-refractivity contribution in [3.8, 4) is 0 Å². The van der Waals surface area contributed by atoms with E-state index < -0.39 is 24.5 Å². The van der Waals surface area contributed by atoms with E-state index in [1.54, 1.807) is 32.0 Å². The molecule has 0 aliphatic heterocycles. The molecule has 2 aromatic rings. The van der Waals surface area contributed by atoms with Crippen LogP contribution in [0.2, 0.25) is 5.02 Å². The van der Waals surface area contributed by atoms with Crippen molar-refractivity contribution >= 4 is 35.1 Å². The minimum absolute atomic E-state index is 0.159. The van der Waals surface area contributed by atoms with Crippen LogP contribution >= 0.6 is 11.6 Å². The molecule has 0 heterocycles. The van der Waals surface area contributed by atoms with Gasteiger partial charge in [-0.15, -0.1) is 0 Å². The summed E-state index contributed by atoms with van der Waals surface area (Å²) < 4.78 is 5.12. The number of aryl methyl sites for hydroxylation is 1. The van der Waals surface area contributed by atoms with Crippen LogP contribution in [-0.2, 0) is 25.5 Å². The zero-order valence-corrected chi connectivity index (χ0v) is 17.5. The molecular weight excluding hydrogens is 392 g/mol. The lowest BCUT2D eigenvalue weighted by molar-refractivity contribution is -0.151. The van der Waals surface area contributed by atoms with Gasteiger partial charge in [-0.05, 0) is 36.1 Å². The molecule has 7 heteroatoms. The summed E-state index contributed by atoms with van der Waals surface area (Å²) in [6.07, 6.45) is 0.159. The fourth-order valence-corrected chi connectivity index (χ4v) is 2.82. The van der Waals surface area contributed by atoms with Gasteiger partial charge in [0.1, 0.15) is 6.04 Å². The van der Waals surface area contributed by atoms with Gasteiger partial charge in [-0.2, -0.15) is 0 Å². The Hall–Kier alpha value is -2.86. The zero-order valence-electron chi connectivity index (χ0n) is 16.7. The summed E-state index contributed by atoms with van der Waals surface area (Å²) in [7, 11) is 0. The van der Waals surface area contributed by atoms with Crippen LogP contribution < -0.4 is 10.6 Å². The van der Waals surface area contributed by atoms with E-state index in [2.05, 4.69) is 10.6 Å². The maximum Gasteiger partial charge on any atom is 0.329 e. The highest BCUT2D eigenvalue weighted by atomic mass is 35.5. The molecule has 0 saturated carbocycles. The van der Waals surface area contributed by atoms with E-state index in [1.165, 1.54) is 0 Å². The lowest BCUT2D eigenvalue weighted by Gasteiger charge is -2.21. The van der Waals surface area contributed by atoms with Crippen LogP contribution in [0.25, 0.3) is 0 Å². The number of carbonyl (C=O) groups is 3. The largest absolute Gasteiger partial charge is 0.454 e. The van der Waals surface area contributed by atoms with Gasteiger partial charge in [0.05, 0.1) is 6.42 Å². The molecular formula is C22H25ClN2O4. The van der Waals surface area contributed by atoms with Crippen molar-refractivity contribution in [1.82, 2.24) is 5.32 Å². The standard InChI is InChI=1S/C22H25ClN2O4/c1-14(2)21(25-19(26)11-16-7-5-4-6-8-16)22(28)29-13-20(27)24-18-12-17(23)10-9-15(18)3/h4-10,12,14,21H,11,13H2,1-3H3,(H,24,27)(H,25,26)/t21-/m0/s1. The number of hydrogen-bond donors (Lipinski definition) is 2. The second-order valence-electron chi connectivity index (χ2n) is 7.07. The molecule has 0 radical (unpaired) electrons. The molecule has 0 aliphatic carbocycles. The summed E-state index contributed by atoms with van der Waals surface area (Å²) in [4.78, 5) is 36.8. The number of nitrogens with one attached hydrogen (secondary N) is 2. The van der Waals surface area contributed by atoms with E-state index >= 15 is 0 Å². The van der Waals surface area contributed by atoms with E-state index in [0.717, 1.165) is 11.1 Å². The molecule has 0 unspecified atom stereocenters. The van der Waals surface area contributed by atoms with E-state index in [0.29, 0.717) is 10.7 Å². The lowest BCUT2D eigenvalue weighted by atomic mass is 10.0. The third-order valence-corrected chi connectivity index (χ3v) is 4.50. The monoisotopic (exact) mass is 416 g/mol. The summed E-state index contributed by atoms with van der Waals surface area (Å²) in [5.41, 5.74) is 2.23. The third-order valence-electron chi connectivity index (χ3n) is 4.26. The Morgan fingerprint density at radius 2 is 1.72 bits per heavy atom. The number of anilines is 1. The number of rotatable bonds is 8. The highest BCUT2D eigenvalue weighted by Crippen LogP contribution is 2.20. The predicted octanol–water partition coefficient (Wildman–Crippen LogP) is 3.51. The smallest absolute Gasteiger partial charge is 0.329 e. The summed E-state index contributed by atoms with van der Waals surface area (Å²) in [6, 6.07) is 13.5. The quantitative estimate of drug-likeness (QED) is 0.645. The third kappa shape index (κ3) is 7.23. The van der Waals surface area contributed by atoms with Crippen LogP contribution in [0.4, 0.5) is 5.69 Å². The SMILES string of the molecule is Cc1ccc(Cl)cc1NC(=O)COC(=O)[C@@H](NC(=O)Cc1ccccc1)C(C)C. The summed E-state index contributed by atoms with van der Waals surface area (Å²) >= 11 is 5.93. The number of benzene rings is 2. The van der Waals surface area contributed by atoms with Crippen molar-refractivity contribution in [2.45, 2.75) is 33.2 Å². The van der Waals surface area contributed by atoms with Gasteiger partial charge in [-0.1, -0.05) is 61.8 Å². The number of hydrogen-bond acceptors (Lipinski definition) is 4. The average Bonchev–Trinajstić information content (AvgIpc) is 2.67. The molecule has 29 heavy (non-hydrogen) atoms. The predicted molar refractivity (Wildman–Crippen MR) is 113 cm³/mol. The minimum Gasteiger partial charge on any atom is -0.454 e. The van der Waals surface area contributed by atoms with Gasteiger partial charge in [0.2, 0.25) is 5.91 Å². The normalized spacial score (nSPS) is 11.6. The van der Waals surface area contributed by atoms with Gasteiger partial charge in [0, 0.05) is 10.7 Å². The number of ether oxygens (including phenoxy) is 1. The highest BCUT2D eigenvalue weighted by molar-refractivity contribution is 6.31. The Morgan fingerprint density at radius 1 is 1.03 bits per heavy atom.